The number of ether oxygens (including phenoxy) is 2. The number of nitriles is 1. The van der Waals surface area contributed by atoms with Crippen molar-refractivity contribution in [3.8, 4) is 11.8 Å². The first-order chi connectivity index (χ1) is 17.2. The van der Waals surface area contributed by atoms with Crippen molar-refractivity contribution in [1.29, 1.82) is 5.26 Å². The molecule has 0 bridgehead atoms. The molecule has 2 aromatic rings. The predicted octanol–water partition coefficient (Wildman–Crippen LogP) is 4.81. The van der Waals surface area contributed by atoms with Crippen LogP contribution < -0.4 is 15.4 Å². The Bertz CT molecular complexity index is 1230. The third kappa shape index (κ3) is 6.13. The summed E-state index contributed by atoms with van der Waals surface area (Å²) in [6, 6.07) is 12.4. The number of anilines is 1. The number of allylic oxidation sites excluding steroid dienone is 1. The zero-order valence-electron chi connectivity index (χ0n) is 19.7. The van der Waals surface area contributed by atoms with Crippen LogP contribution in [0.15, 0.2) is 47.0 Å². The van der Waals surface area contributed by atoms with E-state index in [1.807, 2.05) is 19.1 Å². The average molecular weight is 548 g/mol. The van der Waals surface area contributed by atoms with E-state index in [1.54, 1.807) is 19.1 Å². The number of aryl methyl sites for hydroxylation is 1. The van der Waals surface area contributed by atoms with Crippen molar-refractivity contribution >= 4 is 58.4 Å². The Morgan fingerprint density at radius 1 is 1.19 bits per heavy atom. The third-order valence-corrected chi connectivity index (χ3v) is 6.91. The maximum absolute atomic E-state index is 13.0. The molecular weight excluding hydrogens is 525 g/mol. The zero-order valence-corrected chi connectivity index (χ0v) is 22.0. The summed E-state index contributed by atoms with van der Waals surface area (Å²) in [7, 11) is 1.15. The van der Waals surface area contributed by atoms with Crippen LogP contribution in [0.4, 0.5) is 5.69 Å². The average Bonchev–Trinajstić information content (AvgIpc) is 2.85. The zero-order chi connectivity index (χ0) is 26.4. The summed E-state index contributed by atoms with van der Waals surface area (Å²) in [5.74, 6) is -4.06. The van der Waals surface area contributed by atoms with E-state index in [4.69, 9.17) is 32.7 Å². The van der Waals surface area contributed by atoms with E-state index >= 15 is 0 Å². The van der Waals surface area contributed by atoms with Crippen molar-refractivity contribution < 1.29 is 23.9 Å². The lowest BCUT2D eigenvalue weighted by molar-refractivity contribution is -0.150. The molecule has 0 saturated heterocycles. The largest absolute Gasteiger partial charge is 0.491 e. The van der Waals surface area contributed by atoms with E-state index in [9.17, 15) is 19.6 Å². The van der Waals surface area contributed by atoms with Crippen LogP contribution in [0, 0.1) is 24.2 Å². The van der Waals surface area contributed by atoms with Gasteiger partial charge in [0.15, 0.2) is 5.75 Å². The molecule has 11 heteroatoms. The number of nitrogens with zero attached hydrogens (tertiary/aromatic N) is 1. The van der Waals surface area contributed by atoms with Gasteiger partial charge in [0.1, 0.15) is 5.92 Å². The maximum atomic E-state index is 13.0. The van der Waals surface area contributed by atoms with Crippen molar-refractivity contribution in [2.24, 2.45) is 5.92 Å². The van der Waals surface area contributed by atoms with Gasteiger partial charge in [0, 0.05) is 11.6 Å². The lowest BCUT2D eigenvalue weighted by Crippen LogP contribution is -2.44. The quantitative estimate of drug-likeness (QED) is 0.359. The van der Waals surface area contributed by atoms with Crippen molar-refractivity contribution in [1.82, 2.24) is 5.32 Å². The van der Waals surface area contributed by atoms with Gasteiger partial charge in [-0.25, -0.2) is 0 Å². The molecule has 8 nitrogen and oxygen atoms in total. The van der Waals surface area contributed by atoms with Crippen LogP contribution >= 0.6 is 35.0 Å². The fourth-order valence-corrected chi connectivity index (χ4v) is 5.15. The number of amides is 2. The summed E-state index contributed by atoms with van der Waals surface area (Å²) in [4.78, 5) is 38.1. The molecule has 0 spiro atoms. The highest BCUT2D eigenvalue weighted by molar-refractivity contribution is 8.03. The smallest absolute Gasteiger partial charge is 0.319 e. The topological polar surface area (TPSA) is 118 Å². The van der Waals surface area contributed by atoms with Crippen LogP contribution in [-0.2, 0) is 19.1 Å². The Kier molecular flexibility index (Phi) is 9.26. The highest BCUT2D eigenvalue weighted by atomic mass is 35.5. The molecule has 0 fully saturated rings. The van der Waals surface area contributed by atoms with Gasteiger partial charge in [-0.2, -0.15) is 5.26 Å². The van der Waals surface area contributed by atoms with E-state index in [1.165, 1.54) is 12.1 Å². The van der Waals surface area contributed by atoms with Crippen LogP contribution in [0.5, 0.6) is 5.75 Å². The maximum Gasteiger partial charge on any atom is 0.319 e. The van der Waals surface area contributed by atoms with Gasteiger partial charge in [0.05, 0.1) is 46.2 Å². The minimum absolute atomic E-state index is 0.0782. The molecule has 188 valence electrons. The first kappa shape index (κ1) is 27.4. The Balaban J connectivity index is 1.96. The molecule has 2 N–H and O–H groups in total. The number of halogens is 2. The second kappa shape index (κ2) is 12.2. The minimum Gasteiger partial charge on any atom is -0.491 e. The lowest BCUT2D eigenvalue weighted by atomic mass is 9.78. The molecule has 0 aromatic heterocycles. The summed E-state index contributed by atoms with van der Waals surface area (Å²) in [5.41, 5.74) is 2.11. The van der Waals surface area contributed by atoms with Crippen molar-refractivity contribution in [3.63, 3.8) is 0 Å². The number of carbonyl (C=O) groups is 3. The third-order valence-electron chi connectivity index (χ3n) is 5.34. The van der Waals surface area contributed by atoms with E-state index in [0.29, 0.717) is 17.9 Å². The van der Waals surface area contributed by atoms with Gasteiger partial charge >= 0.3 is 5.97 Å². The predicted molar refractivity (Wildman–Crippen MR) is 139 cm³/mol. The molecule has 1 aliphatic rings. The van der Waals surface area contributed by atoms with E-state index in [0.717, 1.165) is 24.4 Å². The standard InChI is InChI=1S/C25H23Cl2N3O5S/c1-4-35-22-17(26)9-14(10-18(22)27)20-16(11-28)24(30-23(32)21(20)25(33)34-3)36-12-19(31)29-15-7-5-13(2)6-8-15/h5-10,20-21H,4,12H2,1-3H3,(H,29,31)(H,30,32)/t20-,21-/m0/s1. The summed E-state index contributed by atoms with van der Waals surface area (Å²) in [5, 5.41) is 15.9. The molecule has 1 aliphatic heterocycles. The number of hydrogen-bond donors (Lipinski definition) is 2. The monoisotopic (exact) mass is 547 g/mol. The van der Waals surface area contributed by atoms with Gasteiger partial charge in [0.25, 0.3) is 0 Å². The minimum atomic E-state index is -1.36. The van der Waals surface area contributed by atoms with Gasteiger partial charge in [-0.1, -0.05) is 52.7 Å². The first-order valence-electron chi connectivity index (χ1n) is 10.8. The fourth-order valence-electron chi connectivity index (χ4n) is 3.69. The number of methoxy groups -OCH3 is 1. The summed E-state index contributed by atoms with van der Waals surface area (Å²) < 4.78 is 10.3. The van der Waals surface area contributed by atoms with Crippen LogP contribution in [0.1, 0.15) is 24.0 Å². The van der Waals surface area contributed by atoms with Crippen LogP contribution in [0.2, 0.25) is 10.0 Å². The van der Waals surface area contributed by atoms with E-state index in [2.05, 4.69) is 16.7 Å². The van der Waals surface area contributed by atoms with Crippen LogP contribution in [-0.4, -0.2) is 37.3 Å². The number of nitrogens with one attached hydrogen (secondary N) is 2. The number of esters is 1. The normalized spacial score (nSPS) is 17.2. The lowest BCUT2D eigenvalue weighted by Gasteiger charge is -2.31. The molecule has 0 aliphatic carbocycles. The molecule has 0 saturated carbocycles. The number of benzene rings is 2. The van der Waals surface area contributed by atoms with Crippen molar-refractivity contribution in [2.45, 2.75) is 19.8 Å². The highest BCUT2D eigenvalue weighted by Crippen LogP contribution is 2.44. The Morgan fingerprint density at radius 2 is 1.83 bits per heavy atom. The molecule has 2 amide bonds. The van der Waals surface area contributed by atoms with Crippen LogP contribution in [0.25, 0.3) is 0 Å². The van der Waals surface area contributed by atoms with Crippen molar-refractivity contribution in [2.75, 3.05) is 24.8 Å². The van der Waals surface area contributed by atoms with E-state index < -0.39 is 23.7 Å². The molecule has 36 heavy (non-hydrogen) atoms. The highest BCUT2D eigenvalue weighted by Gasteiger charge is 2.44. The molecule has 0 radical (unpaired) electrons. The molecule has 3 rings (SSSR count). The number of carbonyl (C=O) groups excluding carboxylic acids is 3. The van der Waals surface area contributed by atoms with Gasteiger partial charge in [-0.05, 0) is 43.7 Å². The summed E-state index contributed by atoms with van der Waals surface area (Å²) in [6.07, 6.45) is 0. The summed E-state index contributed by atoms with van der Waals surface area (Å²) in [6.45, 7) is 4.03. The van der Waals surface area contributed by atoms with Gasteiger partial charge < -0.3 is 20.1 Å². The number of rotatable bonds is 8. The Labute approximate surface area is 222 Å². The number of hydrogen-bond acceptors (Lipinski definition) is 7. The van der Waals surface area contributed by atoms with Crippen LogP contribution in [0.3, 0.4) is 0 Å². The molecule has 2 aromatic carbocycles. The molecular formula is C25H23Cl2N3O5S. The summed E-state index contributed by atoms with van der Waals surface area (Å²) >= 11 is 13.7. The number of thioether (sulfide) groups is 1. The van der Waals surface area contributed by atoms with Crippen molar-refractivity contribution in [3.05, 3.63) is 68.2 Å². The SMILES string of the molecule is CCOc1c(Cl)cc([C@H]2C(C#N)=C(SCC(=O)Nc3ccc(C)cc3)NC(=O)[C@H]2C(=O)OC)cc1Cl. The molecule has 2 atom stereocenters. The molecule has 0 unspecified atom stereocenters. The Hall–Kier alpha value is -3.19. The second-order valence-electron chi connectivity index (χ2n) is 7.77. The molecule has 1 heterocycles. The van der Waals surface area contributed by atoms with E-state index in [-0.39, 0.29) is 38.1 Å². The first-order valence-corrected chi connectivity index (χ1v) is 12.6. The Morgan fingerprint density at radius 3 is 2.39 bits per heavy atom. The van der Waals surface area contributed by atoms with Gasteiger partial charge in [-0.3, -0.25) is 14.4 Å². The van der Waals surface area contributed by atoms with Gasteiger partial charge in [-0.15, -0.1) is 0 Å². The van der Waals surface area contributed by atoms with Gasteiger partial charge in [0.2, 0.25) is 11.8 Å². The second-order valence-corrected chi connectivity index (χ2v) is 9.57. The fraction of sp³-hybridized carbons (Fsp3) is 0.280.